The third-order valence-electron chi connectivity index (χ3n) is 2.68. The Labute approximate surface area is 102 Å². The summed E-state index contributed by atoms with van der Waals surface area (Å²) in [5, 5.41) is 5.68. The normalized spacial score (nSPS) is 19.1. The molecule has 0 unspecified atom stereocenters. The molecular weight excluding hydrogens is 240 g/mol. The van der Waals surface area contributed by atoms with E-state index < -0.39 is 23.3 Å². The molecule has 1 aromatic heterocycles. The monoisotopic (exact) mass is 252 g/mol. The van der Waals surface area contributed by atoms with Crippen LogP contribution in [0.4, 0.5) is 4.79 Å². The number of hydrogen-bond donors (Lipinski definition) is 1. The molecule has 0 aliphatic carbocycles. The van der Waals surface area contributed by atoms with Crippen molar-refractivity contribution in [1.82, 2.24) is 20.4 Å². The van der Waals surface area contributed by atoms with Gasteiger partial charge in [0, 0.05) is 0 Å². The summed E-state index contributed by atoms with van der Waals surface area (Å²) in [5.41, 5.74) is -1.29. The summed E-state index contributed by atoms with van der Waals surface area (Å²) in [4.78, 5) is 39.9. The van der Waals surface area contributed by atoms with Crippen LogP contribution >= 0.6 is 0 Å². The SMILES string of the molecule is Cc1noc(CN2C(=O)NC(=O)C(C)(C)C2=O)n1. The van der Waals surface area contributed by atoms with E-state index in [1.165, 1.54) is 13.8 Å². The summed E-state index contributed by atoms with van der Waals surface area (Å²) in [6, 6.07) is -0.778. The standard InChI is InChI=1S/C10H12N4O4/c1-5-11-6(18-13-5)4-14-8(16)10(2,3)7(15)12-9(14)17/h4H2,1-3H3,(H,12,15,17). The maximum absolute atomic E-state index is 12.0. The number of aromatic nitrogens is 2. The number of barbiturate groups is 1. The highest BCUT2D eigenvalue weighted by atomic mass is 16.5. The Bertz CT molecular complexity index is 534. The zero-order valence-electron chi connectivity index (χ0n) is 10.2. The number of urea groups is 1. The molecule has 1 aliphatic heterocycles. The van der Waals surface area contributed by atoms with Gasteiger partial charge in [0.25, 0.3) is 0 Å². The summed E-state index contributed by atoms with van der Waals surface area (Å²) in [7, 11) is 0. The van der Waals surface area contributed by atoms with Crippen LogP contribution in [0.2, 0.25) is 0 Å². The van der Waals surface area contributed by atoms with Crippen LogP contribution in [-0.2, 0) is 16.1 Å². The second-order valence-electron chi connectivity index (χ2n) is 4.51. The molecule has 8 nitrogen and oxygen atoms in total. The average Bonchev–Trinajstić information content (AvgIpc) is 2.68. The first-order valence-corrected chi connectivity index (χ1v) is 5.29. The van der Waals surface area contributed by atoms with Crippen molar-refractivity contribution in [1.29, 1.82) is 0 Å². The summed E-state index contributed by atoms with van der Waals surface area (Å²) in [6.45, 7) is 4.37. The smallest absolute Gasteiger partial charge is 0.331 e. The molecular formula is C10H12N4O4. The van der Waals surface area contributed by atoms with Gasteiger partial charge in [0.15, 0.2) is 5.82 Å². The van der Waals surface area contributed by atoms with E-state index in [4.69, 9.17) is 4.52 Å². The number of rotatable bonds is 2. The van der Waals surface area contributed by atoms with Crippen LogP contribution in [0, 0.1) is 12.3 Å². The molecule has 0 atom stereocenters. The lowest BCUT2D eigenvalue weighted by Crippen LogP contribution is -2.61. The molecule has 2 heterocycles. The predicted molar refractivity (Wildman–Crippen MR) is 56.9 cm³/mol. The highest BCUT2D eigenvalue weighted by Gasteiger charge is 2.47. The minimum atomic E-state index is -1.29. The number of amides is 4. The van der Waals surface area contributed by atoms with Crippen molar-refractivity contribution in [3.8, 4) is 0 Å². The molecule has 18 heavy (non-hydrogen) atoms. The van der Waals surface area contributed by atoms with E-state index in [-0.39, 0.29) is 12.4 Å². The Morgan fingerprint density at radius 2 is 2.00 bits per heavy atom. The van der Waals surface area contributed by atoms with Gasteiger partial charge in [0.1, 0.15) is 12.0 Å². The van der Waals surface area contributed by atoms with Gasteiger partial charge in [-0.25, -0.2) is 4.79 Å². The second-order valence-corrected chi connectivity index (χ2v) is 4.51. The van der Waals surface area contributed by atoms with Gasteiger partial charge in [-0.15, -0.1) is 0 Å². The topological polar surface area (TPSA) is 105 Å². The molecule has 4 amide bonds. The fraction of sp³-hybridized carbons (Fsp3) is 0.500. The van der Waals surface area contributed by atoms with Crippen molar-refractivity contribution in [2.75, 3.05) is 0 Å². The van der Waals surface area contributed by atoms with Gasteiger partial charge in [0.05, 0.1) is 0 Å². The Morgan fingerprint density at radius 3 is 2.56 bits per heavy atom. The van der Waals surface area contributed by atoms with Crippen molar-refractivity contribution >= 4 is 17.8 Å². The van der Waals surface area contributed by atoms with Gasteiger partial charge in [-0.05, 0) is 20.8 Å². The molecule has 8 heteroatoms. The van der Waals surface area contributed by atoms with Gasteiger partial charge in [-0.3, -0.25) is 19.8 Å². The van der Waals surface area contributed by atoms with Crippen LogP contribution < -0.4 is 5.32 Å². The van der Waals surface area contributed by atoms with E-state index >= 15 is 0 Å². The molecule has 1 N–H and O–H groups in total. The number of nitrogens with one attached hydrogen (secondary N) is 1. The number of carbonyl (C=O) groups is 3. The summed E-state index contributed by atoms with van der Waals surface area (Å²) < 4.78 is 4.84. The van der Waals surface area contributed by atoms with Crippen molar-refractivity contribution in [3.05, 3.63) is 11.7 Å². The number of carbonyl (C=O) groups excluding carboxylic acids is 3. The number of nitrogens with zero attached hydrogens (tertiary/aromatic N) is 3. The first-order valence-electron chi connectivity index (χ1n) is 5.29. The Hall–Kier alpha value is -2.25. The Kier molecular flexibility index (Phi) is 2.64. The molecule has 0 saturated carbocycles. The first-order chi connectivity index (χ1) is 8.32. The lowest BCUT2D eigenvalue weighted by atomic mass is 9.89. The van der Waals surface area contributed by atoms with Crippen molar-refractivity contribution in [2.24, 2.45) is 5.41 Å². The molecule has 1 fully saturated rings. The van der Waals surface area contributed by atoms with Crippen LogP contribution in [0.3, 0.4) is 0 Å². The molecule has 1 saturated heterocycles. The largest absolute Gasteiger partial charge is 0.337 e. The van der Waals surface area contributed by atoms with Gasteiger partial charge < -0.3 is 4.52 Å². The minimum absolute atomic E-state index is 0.140. The van der Waals surface area contributed by atoms with E-state index in [9.17, 15) is 14.4 Å². The summed E-state index contributed by atoms with van der Waals surface area (Å²) >= 11 is 0. The highest BCUT2D eigenvalue weighted by molar-refractivity contribution is 6.18. The lowest BCUT2D eigenvalue weighted by molar-refractivity contribution is -0.149. The average molecular weight is 252 g/mol. The molecule has 0 aromatic carbocycles. The zero-order chi connectivity index (χ0) is 13.5. The third-order valence-corrected chi connectivity index (χ3v) is 2.68. The van der Waals surface area contributed by atoms with Crippen LogP contribution in [0.1, 0.15) is 25.6 Å². The van der Waals surface area contributed by atoms with E-state index in [1.807, 2.05) is 0 Å². The van der Waals surface area contributed by atoms with Gasteiger partial charge in [0.2, 0.25) is 17.7 Å². The van der Waals surface area contributed by atoms with Crippen molar-refractivity contribution in [3.63, 3.8) is 0 Å². The highest BCUT2D eigenvalue weighted by Crippen LogP contribution is 2.24. The van der Waals surface area contributed by atoms with Crippen LogP contribution in [-0.4, -0.2) is 32.9 Å². The summed E-state index contributed by atoms with van der Waals surface area (Å²) in [6.07, 6.45) is 0. The van der Waals surface area contributed by atoms with E-state index in [0.717, 1.165) is 4.90 Å². The predicted octanol–water partition coefficient (Wildman–Crippen LogP) is -0.0174. The van der Waals surface area contributed by atoms with Crippen molar-refractivity contribution in [2.45, 2.75) is 27.3 Å². The maximum Gasteiger partial charge on any atom is 0.331 e. The quantitative estimate of drug-likeness (QED) is 0.741. The van der Waals surface area contributed by atoms with Crippen LogP contribution in [0.25, 0.3) is 0 Å². The third kappa shape index (κ3) is 1.85. The fourth-order valence-electron chi connectivity index (χ4n) is 1.53. The number of aryl methyl sites for hydroxylation is 1. The lowest BCUT2D eigenvalue weighted by Gasteiger charge is -2.33. The van der Waals surface area contributed by atoms with Gasteiger partial charge in [-0.2, -0.15) is 4.98 Å². The Balaban J connectivity index is 2.24. The van der Waals surface area contributed by atoms with Crippen LogP contribution in [0.5, 0.6) is 0 Å². The van der Waals surface area contributed by atoms with Gasteiger partial charge in [-0.1, -0.05) is 5.16 Å². The van der Waals surface area contributed by atoms with E-state index in [0.29, 0.717) is 5.82 Å². The molecule has 1 aliphatic rings. The number of hydrogen-bond acceptors (Lipinski definition) is 6. The minimum Gasteiger partial charge on any atom is -0.337 e. The molecule has 2 rings (SSSR count). The fourth-order valence-corrected chi connectivity index (χ4v) is 1.53. The maximum atomic E-state index is 12.0. The van der Waals surface area contributed by atoms with Crippen LogP contribution in [0.15, 0.2) is 4.52 Å². The molecule has 0 bridgehead atoms. The molecule has 96 valence electrons. The van der Waals surface area contributed by atoms with E-state index in [2.05, 4.69) is 15.5 Å². The van der Waals surface area contributed by atoms with Gasteiger partial charge >= 0.3 is 6.03 Å². The molecule has 0 radical (unpaired) electrons. The first kappa shape index (κ1) is 12.2. The Morgan fingerprint density at radius 1 is 1.33 bits per heavy atom. The van der Waals surface area contributed by atoms with Crippen molar-refractivity contribution < 1.29 is 18.9 Å². The number of imide groups is 2. The van der Waals surface area contributed by atoms with E-state index in [1.54, 1.807) is 6.92 Å². The molecule has 1 aromatic rings. The zero-order valence-corrected chi connectivity index (χ0v) is 10.2. The molecule has 0 spiro atoms. The second kappa shape index (κ2) is 3.90. The summed E-state index contributed by atoms with van der Waals surface area (Å²) in [5.74, 6) is -0.658.